The molecule has 9 rings (SSSR count). The number of hydrogen-bond acceptors (Lipinski definition) is 3. The van der Waals surface area contributed by atoms with Crippen LogP contribution in [0.1, 0.15) is 86.0 Å². The number of fused-ring (bicyclic) bond motifs is 1. The Morgan fingerprint density at radius 3 is 2.21 bits per heavy atom. The maximum Gasteiger partial charge on any atom is 0.329 e. The highest BCUT2D eigenvalue weighted by Crippen LogP contribution is 2.60. The van der Waals surface area contributed by atoms with E-state index in [2.05, 4.69) is 0 Å². The lowest BCUT2D eigenvalue weighted by Gasteiger charge is -2.56. The fraction of sp³-hybridized carbons (Fsp3) is 0.704. The predicted molar refractivity (Wildman–Crippen MR) is 119 cm³/mol. The van der Waals surface area contributed by atoms with Crippen molar-refractivity contribution in [2.75, 3.05) is 13.2 Å². The summed E-state index contributed by atoms with van der Waals surface area (Å²) in [4.78, 5) is 26.6. The number of ether oxygens (including phenoxy) is 1. The molecule has 2 aliphatic heterocycles. The number of carbonyl (C=O) groups is 2. The zero-order valence-electron chi connectivity index (χ0n) is 19.0. The van der Waals surface area contributed by atoms with E-state index >= 15 is 4.39 Å². The Kier molecular flexibility index (Phi) is 4.13. The number of nitrogens with zero attached hydrogens (tertiary/aromatic N) is 1. The Labute approximate surface area is 193 Å². The van der Waals surface area contributed by atoms with Crippen molar-refractivity contribution in [2.45, 2.75) is 75.7 Å². The van der Waals surface area contributed by atoms with Crippen LogP contribution >= 0.6 is 0 Å². The monoisotopic (exact) mass is 453 g/mol. The number of rotatable bonds is 6. The van der Waals surface area contributed by atoms with E-state index in [4.69, 9.17) is 4.74 Å². The summed E-state index contributed by atoms with van der Waals surface area (Å²) in [6.45, 7) is 1.06. The molecule has 0 radical (unpaired) electrons. The number of hydrogen-bond donors (Lipinski definition) is 1. The lowest BCUT2D eigenvalue weighted by Crippen LogP contribution is -2.54. The van der Waals surface area contributed by atoms with Crippen molar-refractivity contribution in [3.63, 3.8) is 0 Å². The second-order valence-electron chi connectivity index (χ2n) is 12.4. The molecule has 8 aliphatic rings. The highest BCUT2D eigenvalue weighted by molar-refractivity contribution is 5.99. The third kappa shape index (κ3) is 3.01. The third-order valence-corrected chi connectivity index (χ3v) is 9.90. The first-order valence-electron chi connectivity index (χ1n) is 12.9. The van der Waals surface area contributed by atoms with Gasteiger partial charge in [0.05, 0.1) is 12.2 Å². The van der Waals surface area contributed by atoms with E-state index in [1.807, 2.05) is 0 Å². The van der Waals surface area contributed by atoms with Crippen LogP contribution in [0.3, 0.4) is 0 Å². The van der Waals surface area contributed by atoms with E-state index in [-0.39, 0.29) is 16.9 Å². The number of aliphatic carboxylic acids is 1. The molecule has 0 aromatic heterocycles. The van der Waals surface area contributed by atoms with E-state index in [9.17, 15) is 14.7 Å². The number of carbonyl (C=O) groups excluding carboxylic acids is 1. The molecule has 2 heterocycles. The van der Waals surface area contributed by atoms with Crippen molar-refractivity contribution >= 4 is 11.9 Å². The van der Waals surface area contributed by atoms with Crippen molar-refractivity contribution < 1.29 is 23.8 Å². The highest BCUT2D eigenvalue weighted by atomic mass is 19.1. The van der Waals surface area contributed by atoms with Crippen LogP contribution in [0.4, 0.5) is 4.39 Å². The molecular weight excluding hydrogens is 421 g/mol. The van der Waals surface area contributed by atoms with Crippen molar-refractivity contribution in [3.05, 3.63) is 29.1 Å². The number of halogens is 1. The molecule has 5 nitrogen and oxygen atoms in total. The molecule has 0 spiro atoms. The van der Waals surface area contributed by atoms with Gasteiger partial charge < -0.3 is 14.7 Å². The number of carboxylic acids is 1. The van der Waals surface area contributed by atoms with Crippen molar-refractivity contribution in [1.29, 1.82) is 0 Å². The van der Waals surface area contributed by atoms with E-state index in [0.29, 0.717) is 37.7 Å². The van der Waals surface area contributed by atoms with E-state index in [1.165, 1.54) is 49.5 Å². The zero-order valence-corrected chi connectivity index (χ0v) is 19.0. The van der Waals surface area contributed by atoms with Gasteiger partial charge in [-0.15, -0.1) is 0 Å². The maximum atomic E-state index is 15.3. The average Bonchev–Trinajstić information content (AvgIpc) is 3.39. The quantitative estimate of drug-likeness (QED) is 0.659. The second-order valence-corrected chi connectivity index (χ2v) is 12.4. The summed E-state index contributed by atoms with van der Waals surface area (Å²) in [7, 11) is 0. The van der Waals surface area contributed by atoms with Gasteiger partial charge in [-0.25, -0.2) is 9.18 Å². The molecule has 6 aliphatic carbocycles. The van der Waals surface area contributed by atoms with Gasteiger partial charge in [-0.3, -0.25) is 4.79 Å². The summed E-state index contributed by atoms with van der Waals surface area (Å²) in [5.74, 6) is 1.61. The smallest absolute Gasteiger partial charge is 0.329 e. The fourth-order valence-corrected chi connectivity index (χ4v) is 8.66. The van der Waals surface area contributed by atoms with Crippen LogP contribution < -0.4 is 4.74 Å². The summed E-state index contributed by atoms with van der Waals surface area (Å²) in [6.07, 6.45) is 10.9. The molecule has 0 atom stereocenters. The standard InChI is InChI=1S/C27H32FNO4/c28-22-7-23(33-14-26-8-15-3-16(9-26)5-17(4-15)10-26)20(19-1-2-19)6-21(22)24(30)29-13-18-11-27(29,12-18)25(31)32/h6-7,15-19H,1-5,8-14H2,(H,31,32). The molecule has 8 fully saturated rings. The summed E-state index contributed by atoms with van der Waals surface area (Å²) < 4.78 is 21.7. The number of benzene rings is 1. The average molecular weight is 454 g/mol. The van der Waals surface area contributed by atoms with Gasteiger partial charge >= 0.3 is 5.97 Å². The van der Waals surface area contributed by atoms with Crippen LogP contribution in [-0.2, 0) is 4.79 Å². The predicted octanol–water partition coefficient (Wildman–Crippen LogP) is 4.99. The summed E-state index contributed by atoms with van der Waals surface area (Å²) in [5.41, 5.74) is 0.0413. The van der Waals surface area contributed by atoms with Gasteiger partial charge in [0.15, 0.2) is 0 Å². The Bertz CT molecular complexity index is 1010. The van der Waals surface area contributed by atoms with Gasteiger partial charge in [-0.1, -0.05) is 0 Å². The van der Waals surface area contributed by atoms with Crippen molar-refractivity contribution in [3.8, 4) is 5.75 Å². The molecule has 6 heteroatoms. The first-order chi connectivity index (χ1) is 15.8. The Morgan fingerprint density at radius 1 is 1.00 bits per heavy atom. The van der Waals surface area contributed by atoms with E-state index in [1.54, 1.807) is 6.07 Å². The first-order valence-corrected chi connectivity index (χ1v) is 12.9. The van der Waals surface area contributed by atoms with Crippen molar-refractivity contribution in [2.24, 2.45) is 29.1 Å². The lowest BCUT2D eigenvalue weighted by molar-refractivity contribution is -0.151. The number of amides is 1. The summed E-state index contributed by atoms with van der Waals surface area (Å²) in [5, 5.41) is 9.72. The fourth-order valence-electron chi connectivity index (χ4n) is 8.66. The second kappa shape index (κ2) is 6.73. The van der Waals surface area contributed by atoms with Crippen molar-refractivity contribution in [1.82, 2.24) is 4.90 Å². The van der Waals surface area contributed by atoms with Gasteiger partial charge in [0, 0.05) is 18.0 Å². The molecule has 1 N–H and O–H groups in total. The lowest BCUT2D eigenvalue weighted by atomic mass is 9.50. The van der Waals surface area contributed by atoms with Crippen LogP contribution in [0.5, 0.6) is 5.75 Å². The van der Waals surface area contributed by atoms with Crippen LogP contribution in [0.25, 0.3) is 0 Å². The maximum absolute atomic E-state index is 15.3. The summed E-state index contributed by atoms with van der Waals surface area (Å²) in [6, 6.07) is 3.09. The molecule has 1 amide bonds. The molecule has 6 bridgehead atoms. The highest BCUT2D eigenvalue weighted by Gasteiger charge is 2.63. The Hall–Kier alpha value is -2.11. The molecule has 0 unspecified atom stereocenters. The van der Waals surface area contributed by atoms with E-state index in [0.717, 1.165) is 36.2 Å². The minimum absolute atomic E-state index is 0.00669. The minimum Gasteiger partial charge on any atom is -0.493 e. The van der Waals surface area contributed by atoms with Gasteiger partial charge in [-0.05, 0) is 105 Å². The summed E-state index contributed by atoms with van der Waals surface area (Å²) >= 11 is 0. The molecule has 6 saturated carbocycles. The van der Waals surface area contributed by atoms with Crippen LogP contribution in [0, 0.1) is 34.9 Å². The zero-order chi connectivity index (χ0) is 22.5. The largest absolute Gasteiger partial charge is 0.493 e. The normalized spacial score (nSPS) is 40.1. The molecule has 1 aromatic carbocycles. The van der Waals surface area contributed by atoms with Gasteiger partial charge in [0.1, 0.15) is 17.1 Å². The number of carboxylic acid groups (broad SMARTS) is 1. The van der Waals surface area contributed by atoms with E-state index < -0.39 is 23.2 Å². The molecule has 1 aromatic rings. The van der Waals surface area contributed by atoms with Crippen LogP contribution in [-0.4, -0.2) is 40.6 Å². The Morgan fingerprint density at radius 2 is 1.64 bits per heavy atom. The van der Waals surface area contributed by atoms with Crippen LogP contribution in [0.2, 0.25) is 0 Å². The van der Waals surface area contributed by atoms with Gasteiger partial charge in [0.2, 0.25) is 0 Å². The van der Waals surface area contributed by atoms with Crippen LogP contribution in [0.15, 0.2) is 12.1 Å². The minimum atomic E-state index is -1.14. The topological polar surface area (TPSA) is 66.8 Å². The Balaban J connectivity index is 1.15. The molecular formula is C27H32FNO4. The third-order valence-electron chi connectivity index (χ3n) is 9.90. The molecule has 2 saturated heterocycles. The molecule has 176 valence electrons. The van der Waals surface area contributed by atoms with Gasteiger partial charge in [-0.2, -0.15) is 0 Å². The molecule has 33 heavy (non-hydrogen) atoms. The SMILES string of the molecule is O=C(c1cc(C2CC2)c(OCC23CC4CC(CC(C4)C2)C3)cc1F)N1CC2CC1(C(=O)O)C2. The first kappa shape index (κ1) is 20.3. The van der Waals surface area contributed by atoms with Gasteiger partial charge in [0.25, 0.3) is 5.91 Å².